The van der Waals surface area contributed by atoms with E-state index in [4.69, 9.17) is 0 Å². The van der Waals surface area contributed by atoms with E-state index in [1.807, 2.05) is 20.2 Å². The van der Waals surface area contributed by atoms with Crippen molar-refractivity contribution in [2.45, 2.75) is 6.04 Å². The molecule has 0 aromatic heterocycles. The lowest BCUT2D eigenvalue weighted by Gasteiger charge is -2.22. The van der Waals surface area contributed by atoms with Crippen LogP contribution in [-0.4, -0.2) is 38.0 Å². The Balaban J connectivity index is 2.84. The van der Waals surface area contributed by atoms with Crippen LogP contribution in [0.3, 0.4) is 0 Å². The molecule has 0 aliphatic rings. The smallest absolute Gasteiger partial charge is 0.0543 e. The van der Waals surface area contributed by atoms with E-state index in [9.17, 15) is 0 Å². The summed E-state index contributed by atoms with van der Waals surface area (Å²) >= 11 is 0. The van der Waals surface area contributed by atoms with Crippen LogP contribution in [0, 0.1) is 0 Å². The molecule has 0 radical (unpaired) electrons. The van der Waals surface area contributed by atoms with Gasteiger partial charge in [0.05, 0.1) is 6.04 Å². The molecule has 0 fully saturated rings. The van der Waals surface area contributed by atoms with Crippen molar-refractivity contribution in [2.24, 2.45) is 0 Å². The molecule has 0 bridgehead atoms. The number of hydrogen-bond acceptors (Lipinski definition) is 2. The average molecular weight is 204 g/mol. The number of benzene rings is 1. The summed E-state index contributed by atoms with van der Waals surface area (Å²) in [5, 5.41) is 0. The normalized spacial score (nSPS) is 13.4. The van der Waals surface area contributed by atoms with E-state index in [-0.39, 0.29) is 0 Å². The van der Waals surface area contributed by atoms with Gasteiger partial charge in [-0.3, -0.25) is 4.90 Å². The highest BCUT2D eigenvalue weighted by Gasteiger charge is 2.09. The molecular weight excluding hydrogens is 184 g/mol. The van der Waals surface area contributed by atoms with Crippen LogP contribution in [0.4, 0.5) is 0 Å². The number of likely N-dealkylation sites (N-methyl/N-ethyl adjacent to an activating group) is 1. The van der Waals surface area contributed by atoms with Crippen molar-refractivity contribution < 1.29 is 0 Å². The first kappa shape index (κ1) is 11.8. The summed E-state index contributed by atoms with van der Waals surface area (Å²) in [5.74, 6) is 0. The molecule has 0 saturated heterocycles. The molecule has 0 saturated carbocycles. The average Bonchev–Trinajstić information content (AvgIpc) is 2.18. The predicted molar refractivity (Wildman–Crippen MR) is 65.7 cm³/mol. The minimum absolute atomic E-state index is 0.341. The van der Waals surface area contributed by atoms with E-state index in [2.05, 4.69) is 60.4 Å². The molecule has 1 unspecified atom stereocenters. The molecule has 1 aromatic carbocycles. The summed E-state index contributed by atoms with van der Waals surface area (Å²) in [6.45, 7) is 0. The van der Waals surface area contributed by atoms with Gasteiger partial charge in [-0.25, -0.2) is 0 Å². The SMILES string of the molecule is CN(C)/C=C/C(c1ccccc1)N(C)C. The maximum atomic E-state index is 2.20. The lowest BCUT2D eigenvalue weighted by molar-refractivity contribution is 0.348. The lowest BCUT2D eigenvalue weighted by atomic mass is 10.1. The van der Waals surface area contributed by atoms with Crippen LogP contribution in [0.25, 0.3) is 0 Å². The second kappa shape index (κ2) is 5.56. The lowest BCUT2D eigenvalue weighted by Crippen LogP contribution is -2.18. The first-order valence-corrected chi connectivity index (χ1v) is 5.17. The molecule has 15 heavy (non-hydrogen) atoms. The van der Waals surface area contributed by atoms with Crippen molar-refractivity contribution in [1.29, 1.82) is 0 Å². The molecule has 1 atom stereocenters. The van der Waals surface area contributed by atoms with Crippen LogP contribution in [0.15, 0.2) is 42.6 Å². The van der Waals surface area contributed by atoms with E-state index in [1.165, 1.54) is 5.56 Å². The first-order valence-electron chi connectivity index (χ1n) is 5.17. The monoisotopic (exact) mass is 204 g/mol. The van der Waals surface area contributed by atoms with Crippen LogP contribution in [0.1, 0.15) is 11.6 Å². The van der Waals surface area contributed by atoms with Crippen molar-refractivity contribution in [2.75, 3.05) is 28.2 Å². The van der Waals surface area contributed by atoms with Crippen molar-refractivity contribution in [3.63, 3.8) is 0 Å². The van der Waals surface area contributed by atoms with Gasteiger partial charge in [0.25, 0.3) is 0 Å². The van der Waals surface area contributed by atoms with Crippen LogP contribution < -0.4 is 0 Å². The summed E-state index contributed by atoms with van der Waals surface area (Å²) < 4.78 is 0. The Hall–Kier alpha value is -1.28. The van der Waals surface area contributed by atoms with Crippen LogP contribution in [0.2, 0.25) is 0 Å². The Morgan fingerprint density at radius 2 is 1.60 bits per heavy atom. The Labute approximate surface area is 92.8 Å². The van der Waals surface area contributed by atoms with Gasteiger partial charge in [-0.05, 0) is 31.9 Å². The van der Waals surface area contributed by atoms with Gasteiger partial charge in [0.1, 0.15) is 0 Å². The third-order valence-corrected chi connectivity index (χ3v) is 2.26. The summed E-state index contributed by atoms with van der Waals surface area (Å²) in [6.07, 6.45) is 4.30. The molecule has 0 aliphatic heterocycles. The molecule has 82 valence electrons. The molecule has 0 aliphatic carbocycles. The standard InChI is InChI=1S/C13H20N2/c1-14(2)11-10-13(15(3)4)12-8-6-5-7-9-12/h5-11,13H,1-4H3/b11-10+. The van der Waals surface area contributed by atoms with E-state index in [1.54, 1.807) is 0 Å². The fourth-order valence-electron chi connectivity index (χ4n) is 1.49. The fraction of sp³-hybridized carbons (Fsp3) is 0.385. The van der Waals surface area contributed by atoms with Crippen molar-refractivity contribution >= 4 is 0 Å². The van der Waals surface area contributed by atoms with E-state index in [0.717, 1.165) is 0 Å². The summed E-state index contributed by atoms with van der Waals surface area (Å²) in [4.78, 5) is 4.26. The predicted octanol–water partition coefficient (Wildman–Crippen LogP) is 2.36. The maximum absolute atomic E-state index is 2.20. The quantitative estimate of drug-likeness (QED) is 0.743. The van der Waals surface area contributed by atoms with Crippen LogP contribution in [0.5, 0.6) is 0 Å². The largest absolute Gasteiger partial charge is 0.384 e. The Morgan fingerprint density at radius 1 is 1.00 bits per heavy atom. The molecule has 0 amide bonds. The zero-order valence-electron chi connectivity index (χ0n) is 10.0. The number of rotatable bonds is 4. The molecular formula is C13H20N2. The van der Waals surface area contributed by atoms with Gasteiger partial charge < -0.3 is 4.90 Å². The van der Waals surface area contributed by atoms with Gasteiger partial charge in [-0.2, -0.15) is 0 Å². The van der Waals surface area contributed by atoms with Crippen molar-refractivity contribution in [3.8, 4) is 0 Å². The second-order valence-electron chi connectivity index (χ2n) is 4.12. The van der Waals surface area contributed by atoms with Gasteiger partial charge in [-0.1, -0.05) is 30.3 Å². The highest BCUT2D eigenvalue weighted by molar-refractivity contribution is 5.22. The fourth-order valence-corrected chi connectivity index (χ4v) is 1.49. The Morgan fingerprint density at radius 3 is 2.07 bits per heavy atom. The number of nitrogens with zero attached hydrogens (tertiary/aromatic N) is 2. The van der Waals surface area contributed by atoms with Crippen LogP contribution >= 0.6 is 0 Å². The third kappa shape index (κ3) is 3.76. The number of hydrogen-bond donors (Lipinski definition) is 0. The molecule has 0 spiro atoms. The van der Waals surface area contributed by atoms with E-state index in [0.29, 0.717) is 6.04 Å². The Kier molecular flexibility index (Phi) is 4.37. The first-order chi connectivity index (χ1) is 7.11. The zero-order valence-corrected chi connectivity index (χ0v) is 10.0. The summed E-state index contributed by atoms with van der Waals surface area (Å²) in [7, 11) is 8.26. The van der Waals surface area contributed by atoms with Gasteiger partial charge in [0.15, 0.2) is 0 Å². The molecule has 1 rings (SSSR count). The third-order valence-electron chi connectivity index (χ3n) is 2.26. The summed E-state index contributed by atoms with van der Waals surface area (Å²) in [6, 6.07) is 10.9. The molecule has 0 heterocycles. The van der Waals surface area contributed by atoms with Crippen molar-refractivity contribution in [3.05, 3.63) is 48.2 Å². The minimum Gasteiger partial charge on any atom is -0.384 e. The highest BCUT2D eigenvalue weighted by Crippen LogP contribution is 2.18. The molecule has 1 aromatic rings. The minimum atomic E-state index is 0.341. The van der Waals surface area contributed by atoms with Gasteiger partial charge in [0, 0.05) is 14.1 Å². The zero-order chi connectivity index (χ0) is 11.3. The topological polar surface area (TPSA) is 6.48 Å². The highest BCUT2D eigenvalue weighted by atomic mass is 15.1. The summed E-state index contributed by atoms with van der Waals surface area (Å²) in [5.41, 5.74) is 1.32. The molecule has 0 N–H and O–H groups in total. The van der Waals surface area contributed by atoms with Gasteiger partial charge in [-0.15, -0.1) is 0 Å². The molecule has 2 nitrogen and oxygen atoms in total. The van der Waals surface area contributed by atoms with Gasteiger partial charge in [0.2, 0.25) is 0 Å². The molecule has 2 heteroatoms. The van der Waals surface area contributed by atoms with E-state index >= 15 is 0 Å². The van der Waals surface area contributed by atoms with E-state index < -0.39 is 0 Å². The van der Waals surface area contributed by atoms with Crippen molar-refractivity contribution in [1.82, 2.24) is 9.80 Å². The Bertz CT molecular complexity index is 302. The van der Waals surface area contributed by atoms with Gasteiger partial charge >= 0.3 is 0 Å². The second-order valence-corrected chi connectivity index (χ2v) is 4.12. The maximum Gasteiger partial charge on any atom is 0.0543 e. The van der Waals surface area contributed by atoms with Crippen LogP contribution in [-0.2, 0) is 0 Å².